The largest absolute Gasteiger partial charge is 0.293 e. The van der Waals surface area contributed by atoms with Gasteiger partial charge in [-0.15, -0.1) is 11.3 Å². The minimum absolute atomic E-state index is 0.248. The lowest BCUT2D eigenvalue weighted by atomic mass is 10.00. The number of Topliss-reactive ketones (excluding diaryl/α,β-unsaturated/α-hetero) is 1. The highest BCUT2D eigenvalue weighted by atomic mass is 32.1. The summed E-state index contributed by atoms with van der Waals surface area (Å²) in [6, 6.07) is 3.98. The highest BCUT2D eigenvalue weighted by Gasteiger charge is 2.33. The summed E-state index contributed by atoms with van der Waals surface area (Å²) >= 11 is 1.62. The van der Waals surface area contributed by atoms with Gasteiger partial charge in [-0.2, -0.15) is 0 Å². The van der Waals surface area contributed by atoms with Crippen molar-refractivity contribution < 1.29 is 4.79 Å². The lowest BCUT2D eigenvalue weighted by Gasteiger charge is -2.05. The molecular formula is C11H14OS. The van der Waals surface area contributed by atoms with Crippen LogP contribution in [0.3, 0.4) is 0 Å². The average molecular weight is 194 g/mol. The first-order valence-corrected chi connectivity index (χ1v) is 5.61. The van der Waals surface area contributed by atoms with Crippen molar-refractivity contribution in [3.8, 4) is 0 Å². The summed E-state index contributed by atoms with van der Waals surface area (Å²) in [7, 11) is 0. The van der Waals surface area contributed by atoms with E-state index in [4.69, 9.17) is 0 Å². The van der Waals surface area contributed by atoms with Gasteiger partial charge < -0.3 is 0 Å². The molecule has 1 nitrogen and oxygen atoms in total. The van der Waals surface area contributed by atoms with E-state index in [-0.39, 0.29) is 5.92 Å². The number of thiophene rings is 1. The fourth-order valence-electron chi connectivity index (χ4n) is 1.60. The van der Waals surface area contributed by atoms with Gasteiger partial charge in [0.15, 0.2) is 5.78 Å². The summed E-state index contributed by atoms with van der Waals surface area (Å²) < 4.78 is 0. The van der Waals surface area contributed by atoms with Crippen LogP contribution in [-0.2, 0) is 0 Å². The lowest BCUT2D eigenvalue weighted by Crippen LogP contribution is -2.11. The Hall–Kier alpha value is -0.630. The summed E-state index contributed by atoms with van der Waals surface area (Å²) in [5.41, 5.74) is 0. The number of aryl methyl sites for hydroxylation is 1. The summed E-state index contributed by atoms with van der Waals surface area (Å²) in [5, 5.41) is 0. The third-order valence-corrected chi connectivity index (χ3v) is 3.74. The van der Waals surface area contributed by atoms with Crippen molar-refractivity contribution in [3.63, 3.8) is 0 Å². The van der Waals surface area contributed by atoms with E-state index in [0.717, 1.165) is 4.88 Å². The van der Waals surface area contributed by atoms with Crippen LogP contribution in [0.4, 0.5) is 0 Å². The Morgan fingerprint density at radius 2 is 2.23 bits per heavy atom. The average Bonchev–Trinajstić information content (AvgIpc) is 2.87. The zero-order chi connectivity index (χ0) is 9.42. The second kappa shape index (κ2) is 3.26. The summed E-state index contributed by atoms with van der Waals surface area (Å²) in [5.74, 6) is 1.27. The standard InChI is InChI=1S/C11H14OS/c1-7-3-6-10(13-7)11(12)8(2)9-4-5-9/h3,6,8-9H,4-5H2,1-2H3. The van der Waals surface area contributed by atoms with Gasteiger partial charge in [0.1, 0.15) is 0 Å². The smallest absolute Gasteiger partial charge is 0.175 e. The Morgan fingerprint density at radius 1 is 1.54 bits per heavy atom. The van der Waals surface area contributed by atoms with E-state index >= 15 is 0 Å². The van der Waals surface area contributed by atoms with Crippen LogP contribution in [-0.4, -0.2) is 5.78 Å². The molecule has 0 spiro atoms. The van der Waals surface area contributed by atoms with E-state index in [0.29, 0.717) is 11.7 Å². The molecule has 0 aliphatic heterocycles. The fraction of sp³-hybridized carbons (Fsp3) is 0.545. The van der Waals surface area contributed by atoms with Crippen molar-refractivity contribution in [2.45, 2.75) is 26.7 Å². The first kappa shape index (κ1) is 8.95. The number of rotatable bonds is 3. The molecule has 1 aromatic rings. The van der Waals surface area contributed by atoms with E-state index in [2.05, 4.69) is 6.92 Å². The monoisotopic (exact) mass is 194 g/mol. The van der Waals surface area contributed by atoms with Crippen LogP contribution in [0.15, 0.2) is 12.1 Å². The Bertz CT molecular complexity index is 323. The number of hydrogen-bond acceptors (Lipinski definition) is 2. The summed E-state index contributed by atoms with van der Waals surface area (Å²) in [6.45, 7) is 4.11. The minimum Gasteiger partial charge on any atom is -0.293 e. The molecule has 13 heavy (non-hydrogen) atoms. The van der Waals surface area contributed by atoms with Gasteiger partial charge in [0.25, 0.3) is 0 Å². The van der Waals surface area contributed by atoms with E-state index in [1.807, 2.05) is 19.1 Å². The maximum absolute atomic E-state index is 11.8. The van der Waals surface area contributed by atoms with Crippen molar-refractivity contribution in [1.29, 1.82) is 0 Å². The molecule has 0 radical (unpaired) electrons. The summed E-state index contributed by atoms with van der Waals surface area (Å²) in [4.78, 5) is 14.0. The molecule has 1 heterocycles. The molecule has 1 aromatic heterocycles. The molecule has 1 aliphatic carbocycles. The molecule has 0 amide bonds. The van der Waals surface area contributed by atoms with Crippen LogP contribution in [0.25, 0.3) is 0 Å². The van der Waals surface area contributed by atoms with Crippen molar-refractivity contribution in [3.05, 3.63) is 21.9 Å². The molecule has 1 fully saturated rings. The van der Waals surface area contributed by atoms with Crippen LogP contribution in [0.2, 0.25) is 0 Å². The van der Waals surface area contributed by atoms with Gasteiger partial charge >= 0.3 is 0 Å². The highest BCUT2D eigenvalue weighted by molar-refractivity contribution is 7.14. The first-order chi connectivity index (χ1) is 6.18. The normalized spacial score (nSPS) is 18.6. The molecule has 0 saturated heterocycles. The maximum Gasteiger partial charge on any atom is 0.175 e. The fourth-order valence-corrected chi connectivity index (χ4v) is 2.51. The van der Waals surface area contributed by atoms with Crippen molar-refractivity contribution in [2.24, 2.45) is 11.8 Å². The molecule has 2 heteroatoms. The topological polar surface area (TPSA) is 17.1 Å². The molecule has 2 rings (SSSR count). The van der Waals surface area contributed by atoms with E-state index in [1.54, 1.807) is 11.3 Å². The van der Waals surface area contributed by atoms with E-state index in [1.165, 1.54) is 17.7 Å². The predicted octanol–water partition coefficient (Wildman–Crippen LogP) is 3.29. The Morgan fingerprint density at radius 3 is 2.69 bits per heavy atom. The third-order valence-electron chi connectivity index (χ3n) is 2.73. The zero-order valence-electron chi connectivity index (χ0n) is 8.04. The van der Waals surface area contributed by atoms with E-state index < -0.39 is 0 Å². The van der Waals surface area contributed by atoms with Crippen molar-refractivity contribution in [2.75, 3.05) is 0 Å². The van der Waals surface area contributed by atoms with Crippen molar-refractivity contribution in [1.82, 2.24) is 0 Å². The molecule has 0 N–H and O–H groups in total. The van der Waals surface area contributed by atoms with Crippen LogP contribution in [0, 0.1) is 18.8 Å². The summed E-state index contributed by atoms with van der Waals surface area (Å²) in [6.07, 6.45) is 2.49. The zero-order valence-corrected chi connectivity index (χ0v) is 8.86. The number of carbonyl (C=O) groups excluding carboxylic acids is 1. The van der Waals surface area contributed by atoms with Gasteiger partial charge in [-0.3, -0.25) is 4.79 Å². The highest BCUT2D eigenvalue weighted by Crippen LogP contribution is 2.38. The lowest BCUT2D eigenvalue weighted by molar-refractivity contribution is 0.0920. The van der Waals surface area contributed by atoms with E-state index in [9.17, 15) is 4.79 Å². The van der Waals surface area contributed by atoms with Gasteiger partial charge in [-0.25, -0.2) is 0 Å². The Balaban J connectivity index is 2.11. The molecule has 70 valence electrons. The number of carbonyl (C=O) groups is 1. The van der Waals surface area contributed by atoms with Gasteiger partial charge in [0, 0.05) is 10.8 Å². The van der Waals surface area contributed by atoms with Crippen LogP contribution in [0.5, 0.6) is 0 Å². The van der Waals surface area contributed by atoms with Crippen molar-refractivity contribution >= 4 is 17.1 Å². The second-order valence-electron chi connectivity index (χ2n) is 3.90. The third kappa shape index (κ3) is 1.83. The Kier molecular flexibility index (Phi) is 2.24. The number of ketones is 1. The van der Waals surface area contributed by atoms with Gasteiger partial charge in [0.2, 0.25) is 0 Å². The minimum atomic E-state index is 0.248. The van der Waals surface area contributed by atoms with Gasteiger partial charge in [-0.05, 0) is 37.8 Å². The van der Waals surface area contributed by atoms with Crippen LogP contribution in [0.1, 0.15) is 34.3 Å². The second-order valence-corrected chi connectivity index (χ2v) is 5.19. The SMILES string of the molecule is Cc1ccc(C(=O)C(C)C2CC2)s1. The first-order valence-electron chi connectivity index (χ1n) is 4.79. The molecule has 1 unspecified atom stereocenters. The van der Waals surface area contributed by atoms with Gasteiger partial charge in [0.05, 0.1) is 4.88 Å². The molecule has 0 bridgehead atoms. The molecule has 0 aromatic carbocycles. The van der Waals surface area contributed by atoms with Crippen LogP contribution < -0.4 is 0 Å². The maximum atomic E-state index is 11.8. The molecule has 1 aliphatic rings. The number of hydrogen-bond donors (Lipinski definition) is 0. The molecule has 1 saturated carbocycles. The van der Waals surface area contributed by atoms with Gasteiger partial charge in [-0.1, -0.05) is 6.92 Å². The predicted molar refractivity (Wildman–Crippen MR) is 55.3 cm³/mol. The molecular weight excluding hydrogens is 180 g/mol. The Labute approximate surface area is 82.8 Å². The van der Waals surface area contributed by atoms with Crippen LogP contribution >= 0.6 is 11.3 Å². The molecule has 1 atom stereocenters. The quantitative estimate of drug-likeness (QED) is 0.675.